The molecule has 5 nitrogen and oxygen atoms in total. The third kappa shape index (κ3) is 3.19. The van der Waals surface area contributed by atoms with Crippen LogP contribution in [0.1, 0.15) is 18.9 Å². The average molecular weight is 340 g/mol. The van der Waals surface area contributed by atoms with Crippen molar-refractivity contribution in [2.45, 2.75) is 25.1 Å². The molecule has 2 aliphatic heterocycles. The maximum atomic E-state index is 15.1. The van der Waals surface area contributed by atoms with Gasteiger partial charge >= 0.3 is 6.03 Å². The number of urea groups is 1. The van der Waals surface area contributed by atoms with Gasteiger partial charge in [0.05, 0.1) is 0 Å². The maximum Gasteiger partial charge on any atom is 0.324 e. The molecule has 2 saturated heterocycles. The summed E-state index contributed by atoms with van der Waals surface area (Å²) in [6.07, 6.45) is 0.379. The van der Waals surface area contributed by atoms with Crippen molar-refractivity contribution in [2.24, 2.45) is 0 Å². The summed E-state index contributed by atoms with van der Waals surface area (Å²) in [6, 6.07) is 6.02. The highest BCUT2D eigenvalue weighted by Crippen LogP contribution is 2.36. The second kappa shape index (κ2) is 6.09. The number of hydrogen-bond donors (Lipinski definition) is 1. The molecule has 2 unspecified atom stereocenters. The van der Waals surface area contributed by atoms with Crippen LogP contribution in [0.2, 0.25) is 5.02 Å². The van der Waals surface area contributed by atoms with Gasteiger partial charge in [0.1, 0.15) is 11.7 Å². The van der Waals surface area contributed by atoms with E-state index in [9.17, 15) is 9.59 Å². The summed E-state index contributed by atoms with van der Waals surface area (Å²) < 4.78 is 15.1. The number of halogens is 2. The van der Waals surface area contributed by atoms with E-state index in [4.69, 9.17) is 11.6 Å². The number of nitrogens with zero attached hydrogens (tertiary/aromatic N) is 2. The first-order valence-electron chi connectivity index (χ1n) is 7.68. The number of amides is 3. The Balaban J connectivity index is 1.60. The van der Waals surface area contributed by atoms with Gasteiger partial charge in [0.15, 0.2) is 0 Å². The van der Waals surface area contributed by atoms with Crippen molar-refractivity contribution in [2.75, 3.05) is 26.2 Å². The second-order valence-electron chi connectivity index (χ2n) is 6.16. The molecule has 3 rings (SSSR count). The average Bonchev–Trinajstić information content (AvgIpc) is 3.00. The molecule has 0 bridgehead atoms. The first kappa shape index (κ1) is 16.2. The maximum absolute atomic E-state index is 15.1. The summed E-state index contributed by atoms with van der Waals surface area (Å²) in [7, 11) is 0. The van der Waals surface area contributed by atoms with Gasteiger partial charge in [0.25, 0.3) is 5.91 Å². The first-order valence-corrected chi connectivity index (χ1v) is 8.06. The van der Waals surface area contributed by atoms with E-state index in [-0.39, 0.29) is 25.0 Å². The standard InChI is InChI=1S/C16H19ClFN3O2/c1-11-14(22)21(15(23)19-11)8-7-20-6-5-16(18,10-20)12-3-2-4-13(17)9-12/h2-4,9,11H,5-8,10H2,1H3,(H,19,23). The Morgan fingerprint density at radius 1 is 1.39 bits per heavy atom. The molecular weight excluding hydrogens is 321 g/mol. The molecule has 1 aromatic rings. The Morgan fingerprint density at radius 3 is 2.83 bits per heavy atom. The third-order valence-electron chi connectivity index (χ3n) is 4.50. The van der Waals surface area contributed by atoms with E-state index in [0.717, 1.165) is 0 Å². The zero-order chi connectivity index (χ0) is 16.6. The summed E-state index contributed by atoms with van der Waals surface area (Å²) in [5.41, 5.74) is -0.855. The summed E-state index contributed by atoms with van der Waals surface area (Å²) >= 11 is 5.95. The SMILES string of the molecule is CC1NC(=O)N(CCN2CCC(F)(c3cccc(Cl)c3)C2)C1=O. The van der Waals surface area contributed by atoms with Crippen LogP contribution in [0.4, 0.5) is 9.18 Å². The number of imide groups is 1. The fourth-order valence-electron chi connectivity index (χ4n) is 3.15. The molecule has 0 spiro atoms. The zero-order valence-electron chi connectivity index (χ0n) is 12.9. The molecule has 7 heteroatoms. The highest BCUT2D eigenvalue weighted by Gasteiger charge is 2.41. The normalized spacial score (nSPS) is 28.5. The summed E-state index contributed by atoms with van der Waals surface area (Å²) in [6.45, 7) is 3.23. The lowest BCUT2D eigenvalue weighted by Gasteiger charge is -2.23. The number of carbonyl (C=O) groups is 2. The largest absolute Gasteiger partial charge is 0.326 e. The molecule has 124 valence electrons. The molecule has 0 radical (unpaired) electrons. The summed E-state index contributed by atoms with van der Waals surface area (Å²) in [4.78, 5) is 26.6. The molecule has 1 N–H and O–H groups in total. The van der Waals surface area contributed by atoms with Gasteiger partial charge in [-0.3, -0.25) is 14.6 Å². The molecular formula is C16H19ClFN3O2. The quantitative estimate of drug-likeness (QED) is 0.855. The van der Waals surface area contributed by atoms with E-state index >= 15 is 4.39 Å². The van der Waals surface area contributed by atoms with Crippen LogP contribution in [-0.2, 0) is 10.5 Å². The molecule has 2 heterocycles. The van der Waals surface area contributed by atoms with Gasteiger partial charge in [-0.1, -0.05) is 23.7 Å². The van der Waals surface area contributed by atoms with Gasteiger partial charge in [0, 0.05) is 31.2 Å². The predicted molar refractivity (Wildman–Crippen MR) is 85.0 cm³/mol. The Morgan fingerprint density at radius 2 is 2.17 bits per heavy atom. The number of hydrogen-bond acceptors (Lipinski definition) is 3. The molecule has 0 aromatic heterocycles. The van der Waals surface area contributed by atoms with Crippen molar-refractivity contribution in [1.29, 1.82) is 0 Å². The van der Waals surface area contributed by atoms with Crippen molar-refractivity contribution in [3.8, 4) is 0 Å². The number of rotatable bonds is 4. The van der Waals surface area contributed by atoms with Gasteiger partial charge in [-0.2, -0.15) is 0 Å². The van der Waals surface area contributed by atoms with Crippen LogP contribution in [0.5, 0.6) is 0 Å². The number of alkyl halides is 1. The lowest BCUT2D eigenvalue weighted by molar-refractivity contribution is -0.127. The van der Waals surface area contributed by atoms with Crippen LogP contribution in [-0.4, -0.2) is 54.0 Å². The lowest BCUT2D eigenvalue weighted by atomic mass is 9.95. The van der Waals surface area contributed by atoms with Gasteiger partial charge in [-0.25, -0.2) is 9.18 Å². The molecule has 2 aliphatic rings. The second-order valence-corrected chi connectivity index (χ2v) is 6.60. The van der Waals surface area contributed by atoms with Gasteiger partial charge in [-0.15, -0.1) is 0 Å². The highest BCUT2D eigenvalue weighted by molar-refractivity contribution is 6.30. The summed E-state index contributed by atoms with van der Waals surface area (Å²) in [5.74, 6) is -0.226. The molecule has 3 amide bonds. The van der Waals surface area contributed by atoms with Crippen molar-refractivity contribution in [3.05, 3.63) is 34.9 Å². The van der Waals surface area contributed by atoms with Gasteiger partial charge in [-0.05, 0) is 31.0 Å². The van der Waals surface area contributed by atoms with Crippen LogP contribution in [0.3, 0.4) is 0 Å². The Labute approximate surface area is 139 Å². The van der Waals surface area contributed by atoms with Gasteiger partial charge < -0.3 is 5.32 Å². The fourth-order valence-corrected chi connectivity index (χ4v) is 3.34. The monoisotopic (exact) mass is 339 g/mol. The molecule has 0 saturated carbocycles. The number of carbonyl (C=O) groups excluding carboxylic acids is 2. The van der Waals surface area contributed by atoms with E-state index < -0.39 is 11.7 Å². The van der Waals surface area contributed by atoms with Crippen LogP contribution >= 0.6 is 11.6 Å². The van der Waals surface area contributed by atoms with Crippen molar-refractivity contribution in [3.63, 3.8) is 0 Å². The minimum atomic E-state index is -1.44. The molecule has 2 atom stereocenters. The molecule has 0 aliphatic carbocycles. The number of likely N-dealkylation sites (tertiary alicyclic amines) is 1. The first-order chi connectivity index (χ1) is 10.9. The molecule has 2 fully saturated rings. The van der Waals surface area contributed by atoms with Crippen LogP contribution in [0.15, 0.2) is 24.3 Å². The third-order valence-corrected chi connectivity index (χ3v) is 4.74. The minimum Gasteiger partial charge on any atom is -0.326 e. The van der Waals surface area contributed by atoms with Crippen LogP contribution < -0.4 is 5.32 Å². The number of nitrogens with one attached hydrogen (secondary N) is 1. The fraction of sp³-hybridized carbons (Fsp3) is 0.500. The smallest absolute Gasteiger partial charge is 0.324 e. The van der Waals surface area contributed by atoms with Crippen molar-refractivity contribution >= 4 is 23.5 Å². The van der Waals surface area contributed by atoms with E-state index in [1.165, 1.54) is 4.90 Å². The minimum absolute atomic E-state index is 0.226. The Kier molecular flexibility index (Phi) is 4.29. The topological polar surface area (TPSA) is 52.7 Å². The van der Waals surface area contributed by atoms with Crippen LogP contribution in [0, 0.1) is 0 Å². The van der Waals surface area contributed by atoms with Crippen molar-refractivity contribution in [1.82, 2.24) is 15.1 Å². The number of benzene rings is 1. The Hall–Kier alpha value is -1.66. The van der Waals surface area contributed by atoms with Crippen molar-refractivity contribution < 1.29 is 14.0 Å². The predicted octanol–water partition coefficient (Wildman–Crippen LogP) is 2.15. The van der Waals surface area contributed by atoms with E-state index in [2.05, 4.69) is 5.32 Å². The molecule has 23 heavy (non-hydrogen) atoms. The Bertz CT molecular complexity index is 642. The zero-order valence-corrected chi connectivity index (χ0v) is 13.6. The highest BCUT2D eigenvalue weighted by atomic mass is 35.5. The molecule has 1 aromatic carbocycles. The van der Waals surface area contributed by atoms with E-state index in [0.29, 0.717) is 30.1 Å². The van der Waals surface area contributed by atoms with Crippen LogP contribution in [0.25, 0.3) is 0 Å². The van der Waals surface area contributed by atoms with Gasteiger partial charge in [0.2, 0.25) is 0 Å². The summed E-state index contributed by atoms with van der Waals surface area (Å²) in [5, 5.41) is 3.09. The van der Waals surface area contributed by atoms with E-state index in [1.807, 2.05) is 4.90 Å². The van der Waals surface area contributed by atoms with E-state index in [1.54, 1.807) is 31.2 Å². The lowest BCUT2D eigenvalue weighted by Crippen LogP contribution is -2.39.